The molecule has 4 nitrogen and oxygen atoms in total. The number of amidine groups is 1. The van der Waals surface area contributed by atoms with Crippen LogP contribution in [-0.2, 0) is 5.75 Å². The van der Waals surface area contributed by atoms with Gasteiger partial charge in [0.2, 0.25) is 0 Å². The summed E-state index contributed by atoms with van der Waals surface area (Å²) in [6.45, 7) is 0. The maximum Gasteiger partial charge on any atom is 0.189 e. The molecule has 0 atom stereocenters. The Morgan fingerprint density at radius 2 is 2.10 bits per heavy atom. The third-order valence-electron chi connectivity index (χ3n) is 2.53. The summed E-state index contributed by atoms with van der Waals surface area (Å²) < 4.78 is 0. The van der Waals surface area contributed by atoms with Crippen LogP contribution in [0.3, 0.4) is 0 Å². The van der Waals surface area contributed by atoms with Crippen LogP contribution in [-0.4, -0.2) is 16.0 Å². The van der Waals surface area contributed by atoms with Crippen molar-refractivity contribution in [2.45, 2.75) is 10.6 Å². The molecule has 3 N–H and O–H groups in total. The van der Waals surface area contributed by atoms with Crippen molar-refractivity contribution in [2.24, 2.45) is 10.9 Å². The standard InChI is InChI=1S/C13H11Cl2N3OS/c14-10-4-3-9(6-11(10)15)20-7-8-2-1-5-17-12(8)13(16)18-19/h1-6,19H,7H2,(H2,16,18). The number of nitrogens with two attached hydrogens (primary N) is 1. The van der Waals surface area contributed by atoms with E-state index in [1.54, 1.807) is 36.2 Å². The van der Waals surface area contributed by atoms with Crippen LogP contribution in [0.2, 0.25) is 10.0 Å². The molecule has 0 aliphatic heterocycles. The van der Waals surface area contributed by atoms with Gasteiger partial charge in [0.15, 0.2) is 5.84 Å². The summed E-state index contributed by atoms with van der Waals surface area (Å²) in [5, 5.41) is 12.8. The van der Waals surface area contributed by atoms with Gasteiger partial charge >= 0.3 is 0 Å². The van der Waals surface area contributed by atoms with Gasteiger partial charge in [0.05, 0.1) is 10.0 Å². The number of rotatable bonds is 4. The summed E-state index contributed by atoms with van der Waals surface area (Å²) in [7, 11) is 0. The molecule has 104 valence electrons. The molecular formula is C13H11Cl2N3OS. The van der Waals surface area contributed by atoms with Crippen LogP contribution in [0.1, 0.15) is 11.3 Å². The van der Waals surface area contributed by atoms with Crippen LogP contribution in [0.5, 0.6) is 0 Å². The van der Waals surface area contributed by atoms with E-state index in [4.69, 9.17) is 34.1 Å². The Bertz CT molecular complexity index is 649. The van der Waals surface area contributed by atoms with E-state index in [1.807, 2.05) is 12.1 Å². The first kappa shape index (κ1) is 15.0. The lowest BCUT2D eigenvalue weighted by molar-refractivity contribution is 0.318. The largest absolute Gasteiger partial charge is 0.409 e. The smallest absolute Gasteiger partial charge is 0.189 e. The highest BCUT2D eigenvalue weighted by atomic mass is 35.5. The number of oxime groups is 1. The number of hydrogen-bond acceptors (Lipinski definition) is 4. The van der Waals surface area contributed by atoms with Gasteiger partial charge in [0, 0.05) is 16.8 Å². The van der Waals surface area contributed by atoms with E-state index in [2.05, 4.69) is 10.1 Å². The fourth-order valence-electron chi connectivity index (χ4n) is 1.56. The summed E-state index contributed by atoms with van der Waals surface area (Å²) in [6.07, 6.45) is 1.60. The number of benzene rings is 1. The third-order valence-corrected chi connectivity index (χ3v) is 4.31. The Hall–Kier alpha value is -1.43. The van der Waals surface area contributed by atoms with Crippen molar-refractivity contribution in [2.75, 3.05) is 0 Å². The monoisotopic (exact) mass is 327 g/mol. The van der Waals surface area contributed by atoms with E-state index < -0.39 is 0 Å². The van der Waals surface area contributed by atoms with Crippen molar-refractivity contribution in [3.05, 3.63) is 57.8 Å². The molecule has 0 aliphatic rings. The van der Waals surface area contributed by atoms with E-state index in [0.29, 0.717) is 21.5 Å². The maximum atomic E-state index is 8.75. The first-order chi connectivity index (χ1) is 9.61. The molecule has 2 aromatic rings. The van der Waals surface area contributed by atoms with Gasteiger partial charge in [-0.15, -0.1) is 11.8 Å². The zero-order valence-corrected chi connectivity index (χ0v) is 12.6. The molecule has 1 heterocycles. The lowest BCUT2D eigenvalue weighted by atomic mass is 10.2. The molecule has 2 rings (SSSR count). The Kier molecular flexibility index (Phi) is 5.11. The number of hydrogen-bond donors (Lipinski definition) is 2. The minimum Gasteiger partial charge on any atom is -0.409 e. The zero-order valence-electron chi connectivity index (χ0n) is 10.3. The third kappa shape index (κ3) is 3.56. The van der Waals surface area contributed by atoms with Crippen LogP contribution in [0, 0.1) is 0 Å². The Balaban J connectivity index is 2.17. The van der Waals surface area contributed by atoms with Crippen molar-refractivity contribution in [3.8, 4) is 0 Å². The van der Waals surface area contributed by atoms with Gasteiger partial charge in [-0.25, -0.2) is 0 Å². The maximum absolute atomic E-state index is 8.75. The molecule has 0 amide bonds. The van der Waals surface area contributed by atoms with Gasteiger partial charge in [0.25, 0.3) is 0 Å². The van der Waals surface area contributed by atoms with Gasteiger partial charge in [-0.05, 0) is 29.8 Å². The normalized spacial score (nSPS) is 11.6. The number of pyridine rings is 1. The second-order valence-electron chi connectivity index (χ2n) is 3.86. The first-order valence-corrected chi connectivity index (χ1v) is 7.35. The number of halogens is 2. The average Bonchev–Trinajstić information content (AvgIpc) is 2.48. The average molecular weight is 328 g/mol. The fourth-order valence-corrected chi connectivity index (χ4v) is 2.84. The summed E-state index contributed by atoms with van der Waals surface area (Å²) >= 11 is 13.4. The van der Waals surface area contributed by atoms with Gasteiger partial charge < -0.3 is 10.9 Å². The van der Waals surface area contributed by atoms with Crippen molar-refractivity contribution >= 4 is 40.8 Å². The summed E-state index contributed by atoms with van der Waals surface area (Å²) in [6, 6.07) is 9.12. The van der Waals surface area contributed by atoms with E-state index in [0.717, 1.165) is 10.5 Å². The van der Waals surface area contributed by atoms with E-state index in [-0.39, 0.29) is 5.84 Å². The van der Waals surface area contributed by atoms with Gasteiger partial charge in [-0.2, -0.15) is 0 Å². The lowest BCUT2D eigenvalue weighted by Crippen LogP contribution is -2.17. The molecule has 1 aromatic carbocycles. The van der Waals surface area contributed by atoms with Crippen molar-refractivity contribution < 1.29 is 5.21 Å². The topological polar surface area (TPSA) is 71.5 Å². The molecule has 7 heteroatoms. The second-order valence-corrected chi connectivity index (χ2v) is 5.72. The van der Waals surface area contributed by atoms with Gasteiger partial charge in [-0.1, -0.05) is 34.4 Å². The second kappa shape index (κ2) is 6.83. The molecule has 0 aliphatic carbocycles. The Morgan fingerprint density at radius 1 is 1.30 bits per heavy atom. The predicted molar refractivity (Wildman–Crippen MR) is 82.8 cm³/mol. The van der Waals surface area contributed by atoms with Crippen LogP contribution >= 0.6 is 35.0 Å². The Morgan fingerprint density at radius 3 is 2.80 bits per heavy atom. The minimum atomic E-state index is -0.00432. The first-order valence-electron chi connectivity index (χ1n) is 5.61. The molecular weight excluding hydrogens is 317 g/mol. The molecule has 0 spiro atoms. The SMILES string of the molecule is NC(=NO)c1ncccc1CSc1ccc(Cl)c(Cl)c1. The molecule has 1 aromatic heterocycles. The van der Waals surface area contributed by atoms with E-state index in [9.17, 15) is 0 Å². The number of aromatic nitrogens is 1. The van der Waals surface area contributed by atoms with Crippen LogP contribution in [0.25, 0.3) is 0 Å². The molecule has 0 saturated heterocycles. The quantitative estimate of drug-likeness (QED) is 0.295. The van der Waals surface area contributed by atoms with Gasteiger partial charge in [-0.3, -0.25) is 4.98 Å². The van der Waals surface area contributed by atoms with Crippen molar-refractivity contribution in [1.29, 1.82) is 0 Å². The van der Waals surface area contributed by atoms with Crippen molar-refractivity contribution in [3.63, 3.8) is 0 Å². The summed E-state index contributed by atoms with van der Waals surface area (Å²) in [4.78, 5) is 5.10. The fraction of sp³-hybridized carbons (Fsp3) is 0.0769. The zero-order chi connectivity index (χ0) is 14.5. The van der Waals surface area contributed by atoms with Crippen LogP contribution < -0.4 is 5.73 Å². The molecule has 20 heavy (non-hydrogen) atoms. The molecule has 0 radical (unpaired) electrons. The highest BCUT2D eigenvalue weighted by Crippen LogP contribution is 2.30. The molecule has 0 bridgehead atoms. The highest BCUT2D eigenvalue weighted by Gasteiger charge is 2.09. The molecule has 0 unspecified atom stereocenters. The lowest BCUT2D eigenvalue weighted by Gasteiger charge is -2.07. The highest BCUT2D eigenvalue weighted by molar-refractivity contribution is 7.98. The Labute approximate surface area is 130 Å². The van der Waals surface area contributed by atoms with Crippen LogP contribution in [0.4, 0.5) is 0 Å². The minimum absolute atomic E-state index is 0.00432. The van der Waals surface area contributed by atoms with Gasteiger partial charge in [0.1, 0.15) is 5.69 Å². The summed E-state index contributed by atoms with van der Waals surface area (Å²) in [5.41, 5.74) is 6.95. The van der Waals surface area contributed by atoms with E-state index >= 15 is 0 Å². The number of thioether (sulfide) groups is 1. The van der Waals surface area contributed by atoms with E-state index in [1.165, 1.54) is 0 Å². The number of nitrogens with zero attached hydrogens (tertiary/aromatic N) is 2. The van der Waals surface area contributed by atoms with Crippen molar-refractivity contribution in [1.82, 2.24) is 4.98 Å². The molecule has 0 saturated carbocycles. The predicted octanol–water partition coefficient (Wildman–Crippen LogP) is 3.78. The van der Waals surface area contributed by atoms with Crippen LogP contribution in [0.15, 0.2) is 46.6 Å². The molecule has 0 fully saturated rings. The summed E-state index contributed by atoms with van der Waals surface area (Å²) in [5.74, 6) is 0.618.